The first-order chi connectivity index (χ1) is 12.3. The van der Waals surface area contributed by atoms with Gasteiger partial charge in [-0.2, -0.15) is 0 Å². The van der Waals surface area contributed by atoms with Crippen LogP contribution in [-0.2, 0) is 4.74 Å². The monoisotopic (exact) mass is 447 g/mol. The second-order valence-corrected chi connectivity index (χ2v) is 9.63. The zero-order valence-corrected chi connectivity index (χ0v) is 16.8. The Bertz CT molecular complexity index is 714. The third-order valence-electron chi connectivity index (χ3n) is 6.57. The number of rotatable bonds is 2. The lowest BCUT2D eigenvalue weighted by Gasteiger charge is -2.36. The molecular formula is C22H26INO. The summed E-state index contributed by atoms with van der Waals surface area (Å²) in [6, 6.07) is 0. The molecular weight excluding hydrogens is 421 g/mol. The van der Waals surface area contributed by atoms with Crippen LogP contribution in [0.2, 0.25) is 0 Å². The molecule has 5 unspecified atom stereocenters. The van der Waals surface area contributed by atoms with Gasteiger partial charge in [0.2, 0.25) is 0 Å². The highest BCUT2D eigenvalue weighted by Crippen LogP contribution is 2.51. The molecule has 1 saturated carbocycles. The van der Waals surface area contributed by atoms with E-state index in [1.807, 2.05) is 0 Å². The van der Waals surface area contributed by atoms with Crippen LogP contribution < -0.4 is 0 Å². The molecule has 5 aliphatic rings. The van der Waals surface area contributed by atoms with Gasteiger partial charge in [-0.1, -0.05) is 53.3 Å². The highest BCUT2D eigenvalue weighted by molar-refractivity contribution is 14.1. The molecule has 0 saturated heterocycles. The first-order valence-corrected chi connectivity index (χ1v) is 11.2. The number of halogens is 1. The van der Waals surface area contributed by atoms with Crippen LogP contribution in [0.25, 0.3) is 0 Å². The summed E-state index contributed by atoms with van der Waals surface area (Å²) >= 11 is 2.56. The summed E-state index contributed by atoms with van der Waals surface area (Å²) in [6.45, 7) is 1.03. The number of hydrogen-bond acceptors (Lipinski definition) is 2. The molecule has 0 spiro atoms. The van der Waals surface area contributed by atoms with Gasteiger partial charge in [-0.05, 0) is 55.7 Å². The van der Waals surface area contributed by atoms with Gasteiger partial charge in [0, 0.05) is 33.9 Å². The molecule has 132 valence electrons. The van der Waals surface area contributed by atoms with Crippen molar-refractivity contribution in [3.63, 3.8) is 0 Å². The van der Waals surface area contributed by atoms with E-state index in [2.05, 4.69) is 53.0 Å². The number of hydrogen-bond donors (Lipinski definition) is 0. The van der Waals surface area contributed by atoms with E-state index in [0.717, 1.165) is 13.0 Å². The van der Waals surface area contributed by atoms with E-state index in [1.165, 1.54) is 55.6 Å². The van der Waals surface area contributed by atoms with Crippen LogP contribution in [0.3, 0.4) is 0 Å². The maximum absolute atomic E-state index is 6.62. The van der Waals surface area contributed by atoms with Gasteiger partial charge in [0.05, 0.1) is 0 Å². The summed E-state index contributed by atoms with van der Waals surface area (Å²) in [5.74, 6) is 2.90. The third kappa shape index (κ3) is 2.87. The molecule has 3 aliphatic carbocycles. The molecule has 0 aromatic carbocycles. The molecule has 5 rings (SSSR count). The van der Waals surface area contributed by atoms with Gasteiger partial charge in [-0.15, -0.1) is 0 Å². The average Bonchev–Trinajstić information content (AvgIpc) is 3.29. The molecule has 1 fully saturated rings. The molecule has 2 aliphatic heterocycles. The van der Waals surface area contributed by atoms with Gasteiger partial charge < -0.3 is 4.74 Å². The Morgan fingerprint density at radius 1 is 1.04 bits per heavy atom. The lowest BCUT2D eigenvalue weighted by molar-refractivity contribution is 0.0512. The predicted octanol–water partition coefficient (Wildman–Crippen LogP) is 5.56. The fraction of sp³-hybridized carbons (Fsp3) is 0.591. The number of allylic oxidation sites excluding steroid dienone is 5. The molecule has 0 radical (unpaired) electrons. The average molecular weight is 447 g/mol. The first-order valence-electron chi connectivity index (χ1n) is 9.94. The molecule has 2 nitrogen and oxygen atoms in total. The minimum atomic E-state index is 0.351. The summed E-state index contributed by atoms with van der Waals surface area (Å²) in [4.78, 5) is 4.85. The van der Waals surface area contributed by atoms with Crippen molar-refractivity contribution in [3.05, 3.63) is 47.3 Å². The van der Waals surface area contributed by atoms with Crippen LogP contribution in [0.4, 0.5) is 0 Å². The van der Waals surface area contributed by atoms with Crippen molar-refractivity contribution >= 4 is 28.3 Å². The number of nitrogens with zero attached hydrogens (tertiary/aromatic N) is 1. The van der Waals surface area contributed by atoms with Gasteiger partial charge in [0.25, 0.3) is 0 Å². The summed E-state index contributed by atoms with van der Waals surface area (Å²) in [5, 5.41) is 0. The summed E-state index contributed by atoms with van der Waals surface area (Å²) in [6.07, 6.45) is 20.8. The van der Waals surface area contributed by atoms with E-state index in [4.69, 9.17) is 9.73 Å². The van der Waals surface area contributed by atoms with Crippen molar-refractivity contribution in [2.75, 3.05) is 6.54 Å². The lowest BCUT2D eigenvalue weighted by atomic mass is 9.68. The third-order valence-corrected chi connectivity index (χ3v) is 7.44. The predicted molar refractivity (Wildman–Crippen MR) is 111 cm³/mol. The van der Waals surface area contributed by atoms with Gasteiger partial charge >= 0.3 is 0 Å². The molecule has 25 heavy (non-hydrogen) atoms. The zero-order chi connectivity index (χ0) is 16.8. The van der Waals surface area contributed by atoms with Crippen molar-refractivity contribution in [2.45, 2.75) is 55.0 Å². The first kappa shape index (κ1) is 16.3. The molecule has 0 aromatic rings. The van der Waals surface area contributed by atoms with E-state index in [-0.39, 0.29) is 0 Å². The van der Waals surface area contributed by atoms with Crippen LogP contribution in [-0.4, -0.2) is 22.3 Å². The SMILES string of the molecule is IC1C=C(C2CCCC3C4=C(C=CCC4C4=NCCC4)OC23)C=CC1. The van der Waals surface area contributed by atoms with Crippen LogP contribution in [0.1, 0.15) is 44.9 Å². The maximum Gasteiger partial charge on any atom is 0.119 e. The number of fused-ring (bicyclic) bond motifs is 2. The van der Waals surface area contributed by atoms with E-state index in [0.29, 0.717) is 27.8 Å². The van der Waals surface area contributed by atoms with Crippen molar-refractivity contribution in [1.82, 2.24) is 0 Å². The van der Waals surface area contributed by atoms with Gasteiger partial charge in [-0.3, -0.25) is 4.99 Å². The zero-order valence-electron chi connectivity index (χ0n) is 14.7. The van der Waals surface area contributed by atoms with E-state index in [9.17, 15) is 0 Å². The number of alkyl halides is 1. The molecule has 0 amide bonds. The van der Waals surface area contributed by atoms with Crippen molar-refractivity contribution in [3.8, 4) is 0 Å². The smallest absolute Gasteiger partial charge is 0.119 e. The van der Waals surface area contributed by atoms with Crippen LogP contribution in [0, 0.1) is 17.8 Å². The molecule has 3 heteroatoms. The Morgan fingerprint density at radius 2 is 1.92 bits per heavy atom. The second kappa shape index (κ2) is 6.71. The summed E-state index contributed by atoms with van der Waals surface area (Å²) in [5.41, 5.74) is 4.58. The van der Waals surface area contributed by atoms with Crippen molar-refractivity contribution in [2.24, 2.45) is 22.7 Å². The molecule has 0 N–H and O–H groups in total. The van der Waals surface area contributed by atoms with Crippen molar-refractivity contribution < 1.29 is 4.74 Å². The fourth-order valence-electron chi connectivity index (χ4n) is 5.50. The number of ether oxygens (including phenoxy) is 1. The van der Waals surface area contributed by atoms with Gasteiger partial charge in [0.1, 0.15) is 11.9 Å². The second-order valence-electron chi connectivity index (χ2n) is 8.03. The molecule has 5 atom stereocenters. The van der Waals surface area contributed by atoms with E-state index in [1.54, 1.807) is 5.57 Å². The molecule has 0 bridgehead atoms. The van der Waals surface area contributed by atoms with Crippen LogP contribution in [0.5, 0.6) is 0 Å². The minimum absolute atomic E-state index is 0.351. The molecule has 2 heterocycles. The topological polar surface area (TPSA) is 21.6 Å². The lowest BCUT2D eigenvalue weighted by Crippen LogP contribution is -2.35. The van der Waals surface area contributed by atoms with Crippen LogP contribution in [0.15, 0.2) is 52.3 Å². The normalized spacial score (nSPS) is 39.6. The van der Waals surface area contributed by atoms with Gasteiger partial charge in [0.15, 0.2) is 0 Å². The fourth-order valence-corrected chi connectivity index (χ4v) is 6.21. The minimum Gasteiger partial charge on any atom is -0.489 e. The standard InChI is InChI=1S/C22H26INO/c23-15-6-1-5-14(13-15)16-7-2-9-18-21-17(19-10-4-12-24-19)8-3-11-20(21)25-22(16)18/h1,3,5,11,13,15-18,22H,2,4,6-10,12H2. The number of aliphatic imine (C=N–C) groups is 1. The quantitative estimate of drug-likeness (QED) is 0.402. The van der Waals surface area contributed by atoms with E-state index >= 15 is 0 Å². The largest absolute Gasteiger partial charge is 0.489 e. The van der Waals surface area contributed by atoms with Crippen LogP contribution >= 0.6 is 22.6 Å². The highest BCUT2D eigenvalue weighted by atomic mass is 127. The Balaban J connectivity index is 1.45. The summed E-state index contributed by atoms with van der Waals surface area (Å²) in [7, 11) is 0. The Labute approximate surface area is 164 Å². The maximum atomic E-state index is 6.62. The van der Waals surface area contributed by atoms with Gasteiger partial charge in [-0.25, -0.2) is 0 Å². The van der Waals surface area contributed by atoms with E-state index < -0.39 is 0 Å². The Hall–Kier alpha value is -0.840. The molecule has 0 aromatic heterocycles. The summed E-state index contributed by atoms with van der Waals surface area (Å²) < 4.78 is 7.26. The highest BCUT2D eigenvalue weighted by Gasteiger charge is 2.47. The Morgan fingerprint density at radius 3 is 2.76 bits per heavy atom. The Kier molecular flexibility index (Phi) is 4.39. The van der Waals surface area contributed by atoms with Crippen molar-refractivity contribution in [1.29, 1.82) is 0 Å².